The Morgan fingerprint density at radius 1 is 0.857 bits per heavy atom. The lowest BCUT2D eigenvalue weighted by molar-refractivity contribution is -0.118. The predicted molar refractivity (Wildman–Crippen MR) is 89.6 cm³/mol. The molecular formula is C19H35NO. The van der Waals surface area contributed by atoms with Crippen molar-refractivity contribution in [3.05, 3.63) is 0 Å². The van der Waals surface area contributed by atoms with Gasteiger partial charge in [-0.2, -0.15) is 0 Å². The van der Waals surface area contributed by atoms with Gasteiger partial charge in [-0.15, -0.1) is 0 Å². The van der Waals surface area contributed by atoms with E-state index in [1.54, 1.807) is 0 Å². The van der Waals surface area contributed by atoms with Crippen LogP contribution in [0.2, 0.25) is 0 Å². The van der Waals surface area contributed by atoms with Crippen LogP contribution in [0.3, 0.4) is 0 Å². The van der Waals surface area contributed by atoms with E-state index in [4.69, 9.17) is 0 Å². The highest BCUT2D eigenvalue weighted by Crippen LogP contribution is 2.30. The van der Waals surface area contributed by atoms with Crippen molar-refractivity contribution in [1.82, 2.24) is 4.90 Å². The standard InChI is InChI=1S/C19H35NO/c1-2-19(21)15-9-10-16-20(17-11-5-3-6-12-17)18-13-7-4-8-14-18/h17-18H,2-16H2,1H3. The van der Waals surface area contributed by atoms with Crippen molar-refractivity contribution in [2.45, 2.75) is 109 Å². The average molecular weight is 293 g/mol. The number of carbonyl (C=O) groups excluding carboxylic acids is 1. The molecule has 0 aromatic carbocycles. The van der Waals surface area contributed by atoms with E-state index in [9.17, 15) is 4.79 Å². The summed E-state index contributed by atoms with van der Waals surface area (Å²) in [7, 11) is 0. The van der Waals surface area contributed by atoms with Gasteiger partial charge in [0.15, 0.2) is 0 Å². The van der Waals surface area contributed by atoms with Gasteiger partial charge in [-0.1, -0.05) is 45.4 Å². The van der Waals surface area contributed by atoms with E-state index in [1.807, 2.05) is 6.92 Å². The van der Waals surface area contributed by atoms with E-state index < -0.39 is 0 Å². The molecule has 0 aromatic rings. The van der Waals surface area contributed by atoms with Crippen molar-refractivity contribution < 1.29 is 4.79 Å². The largest absolute Gasteiger partial charge is 0.300 e. The third-order valence-corrected chi connectivity index (χ3v) is 5.60. The van der Waals surface area contributed by atoms with Crippen LogP contribution in [-0.2, 0) is 4.79 Å². The number of unbranched alkanes of at least 4 members (excludes halogenated alkanes) is 1. The van der Waals surface area contributed by atoms with Crippen LogP contribution in [0.1, 0.15) is 96.8 Å². The second-order valence-electron chi connectivity index (χ2n) is 7.17. The Morgan fingerprint density at radius 2 is 1.38 bits per heavy atom. The molecule has 0 radical (unpaired) electrons. The topological polar surface area (TPSA) is 20.3 Å². The highest BCUT2D eigenvalue weighted by atomic mass is 16.1. The zero-order chi connectivity index (χ0) is 14.9. The van der Waals surface area contributed by atoms with Gasteiger partial charge in [0.05, 0.1) is 0 Å². The Balaban J connectivity index is 1.80. The highest BCUT2D eigenvalue weighted by Gasteiger charge is 2.28. The maximum absolute atomic E-state index is 11.4. The summed E-state index contributed by atoms with van der Waals surface area (Å²) in [6.45, 7) is 3.23. The van der Waals surface area contributed by atoms with Crippen molar-refractivity contribution in [3.63, 3.8) is 0 Å². The lowest BCUT2D eigenvalue weighted by Gasteiger charge is -2.41. The fourth-order valence-electron chi connectivity index (χ4n) is 4.28. The number of hydrogen-bond donors (Lipinski definition) is 0. The summed E-state index contributed by atoms with van der Waals surface area (Å²) < 4.78 is 0. The lowest BCUT2D eigenvalue weighted by atomic mass is 9.88. The first-order valence-corrected chi connectivity index (χ1v) is 9.58. The van der Waals surface area contributed by atoms with Crippen LogP contribution in [0.4, 0.5) is 0 Å². The van der Waals surface area contributed by atoms with Crippen LogP contribution in [0.25, 0.3) is 0 Å². The van der Waals surface area contributed by atoms with Crippen LogP contribution >= 0.6 is 0 Å². The van der Waals surface area contributed by atoms with Gasteiger partial charge in [-0.3, -0.25) is 9.69 Å². The smallest absolute Gasteiger partial charge is 0.132 e. The van der Waals surface area contributed by atoms with Crippen LogP contribution in [0.15, 0.2) is 0 Å². The SMILES string of the molecule is CCC(=O)CCCCN(C1CCCCC1)C1CCCCC1. The molecule has 0 atom stereocenters. The molecule has 0 spiro atoms. The second-order valence-corrected chi connectivity index (χ2v) is 7.17. The molecule has 0 unspecified atom stereocenters. The fraction of sp³-hybridized carbons (Fsp3) is 0.947. The molecule has 2 saturated carbocycles. The summed E-state index contributed by atoms with van der Waals surface area (Å²) in [5.74, 6) is 0.442. The van der Waals surface area contributed by atoms with Crippen molar-refractivity contribution >= 4 is 5.78 Å². The molecule has 0 saturated heterocycles. The van der Waals surface area contributed by atoms with Crippen LogP contribution in [0.5, 0.6) is 0 Å². The molecule has 0 aromatic heterocycles. The van der Waals surface area contributed by atoms with Crippen molar-refractivity contribution in [2.24, 2.45) is 0 Å². The van der Waals surface area contributed by atoms with E-state index in [0.717, 1.165) is 31.3 Å². The summed E-state index contributed by atoms with van der Waals surface area (Å²) in [5.41, 5.74) is 0. The number of carbonyl (C=O) groups is 1. The van der Waals surface area contributed by atoms with Crippen LogP contribution in [0, 0.1) is 0 Å². The summed E-state index contributed by atoms with van der Waals surface area (Å²) in [4.78, 5) is 14.3. The van der Waals surface area contributed by atoms with Gasteiger partial charge in [-0.05, 0) is 45.1 Å². The zero-order valence-corrected chi connectivity index (χ0v) is 14.1. The van der Waals surface area contributed by atoms with Gasteiger partial charge in [0.1, 0.15) is 5.78 Å². The van der Waals surface area contributed by atoms with Crippen LogP contribution < -0.4 is 0 Å². The average Bonchev–Trinajstić information content (AvgIpc) is 2.56. The van der Waals surface area contributed by atoms with Crippen molar-refractivity contribution in [1.29, 1.82) is 0 Å². The van der Waals surface area contributed by atoms with Gasteiger partial charge in [0, 0.05) is 24.9 Å². The van der Waals surface area contributed by atoms with Gasteiger partial charge in [0.2, 0.25) is 0 Å². The number of nitrogens with zero attached hydrogens (tertiary/aromatic N) is 1. The minimum absolute atomic E-state index is 0.442. The maximum Gasteiger partial charge on any atom is 0.132 e. The molecule has 122 valence electrons. The monoisotopic (exact) mass is 293 g/mol. The Hall–Kier alpha value is -0.370. The molecule has 0 amide bonds. The summed E-state index contributed by atoms with van der Waals surface area (Å²) in [5, 5.41) is 0. The molecule has 21 heavy (non-hydrogen) atoms. The molecule has 2 rings (SSSR count). The third kappa shape index (κ3) is 5.73. The first kappa shape index (κ1) is 17.0. The summed E-state index contributed by atoms with van der Waals surface area (Å²) in [6.07, 6.45) is 18.1. The molecule has 2 aliphatic rings. The molecule has 0 N–H and O–H groups in total. The molecular weight excluding hydrogens is 258 g/mol. The number of ketones is 1. The quantitative estimate of drug-likeness (QED) is 0.580. The van der Waals surface area contributed by atoms with Crippen molar-refractivity contribution in [3.8, 4) is 0 Å². The molecule has 2 aliphatic carbocycles. The van der Waals surface area contributed by atoms with E-state index >= 15 is 0 Å². The molecule has 2 nitrogen and oxygen atoms in total. The Morgan fingerprint density at radius 3 is 1.86 bits per heavy atom. The molecule has 2 heteroatoms. The fourth-order valence-corrected chi connectivity index (χ4v) is 4.28. The first-order chi connectivity index (χ1) is 10.3. The number of rotatable bonds is 8. The molecule has 0 aliphatic heterocycles. The van der Waals surface area contributed by atoms with Crippen LogP contribution in [-0.4, -0.2) is 29.3 Å². The van der Waals surface area contributed by atoms with Crippen molar-refractivity contribution in [2.75, 3.05) is 6.54 Å². The summed E-state index contributed by atoms with van der Waals surface area (Å²) in [6, 6.07) is 1.70. The minimum atomic E-state index is 0.442. The Kier molecular flexibility index (Phi) is 7.77. The highest BCUT2D eigenvalue weighted by molar-refractivity contribution is 5.77. The predicted octanol–water partition coefficient (Wildman–Crippen LogP) is 5.10. The first-order valence-electron chi connectivity index (χ1n) is 9.58. The van der Waals surface area contributed by atoms with Gasteiger partial charge in [0.25, 0.3) is 0 Å². The minimum Gasteiger partial charge on any atom is -0.300 e. The van der Waals surface area contributed by atoms with Gasteiger partial charge in [-0.25, -0.2) is 0 Å². The van der Waals surface area contributed by atoms with Gasteiger partial charge < -0.3 is 0 Å². The third-order valence-electron chi connectivity index (χ3n) is 5.60. The number of Topliss-reactive ketones (excluding diaryl/α,β-unsaturated/α-hetero) is 1. The van der Waals surface area contributed by atoms with E-state index in [2.05, 4.69) is 4.90 Å². The Labute approximate surface area is 131 Å². The Bertz CT molecular complexity index is 272. The zero-order valence-electron chi connectivity index (χ0n) is 14.1. The molecule has 0 heterocycles. The molecule has 0 bridgehead atoms. The number of hydrogen-bond acceptors (Lipinski definition) is 2. The van der Waals surface area contributed by atoms with E-state index in [0.29, 0.717) is 5.78 Å². The lowest BCUT2D eigenvalue weighted by Crippen LogP contribution is -2.45. The van der Waals surface area contributed by atoms with E-state index in [1.165, 1.54) is 77.2 Å². The second kappa shape index (κ2) is 9.61. The maximum atomic E-state index is 11.4. The normalized spacial score (nSPS) is 21.8. The van der Waals surface area contributed by atoms with Gasteiger partial charge >= 0.3 is 0 Å². The summed E-state index contributed by atoms with van der Waals surface area (Å²) >= 11 is 0. The molecule has 2 fully saturated rings. The van der Waals surface area contributed by atoms with E-state index in [-0.39, 0.29) is 0 Å².